The van der Waals surface area contributed by atoms with Gasteiger partial charge in [0.05, 0.1) is 7.11 Å². The molecule has 0 aliphatic carbocycles. The van der Waals surface area contributed by atoms with E-state index in [9.17, 15) is 4.79 Å². The summed E-state index contributed by atoms with van der Waals surface area (Å²) in [5.41, 5.74) is 3.07. The lowest BCUT2D eigenvalue weighted by atomic mass is 10.0. The van der Waals surface area contributed by atoms with Gasteiger partial charge in [-0.1, -0.05) is 36.4 Å². The highest BCUT2D eigenvalue weighted by Gasteiger charge is 2.03. The highest BCUT2D eigenvalue weighted by Crippen LogP contribution is 2.22. The van der Waals surface area contributed by atoms with Gasteiger partial charge in [-0.25, -0.2) is 0 Å². The SMILES string of the molecule is COc1cc(C)c(-c2ccccc2)ccc1=O. The first-order valence-corrected chi connectivity index (χ1v) is 5.47. The first-order valence-electron chi connectivity index (χ1n) is 5.47. The molecule has 0 aromatic heterocycles. The van der Waals surface area contributed by atoms with Gasteiger partial charge < -0.3 is 4.74 Å². The zero-order valence-corrected chi connectivity index (χ0v) is 9.94. The molecule has 0 amide bonds. The second-order valence-corrected chi connectivity index (χ2v) is 3.87. The summed E-state index contributed by atoms with van der Waals surface area (Å²) in [7, 11) is 1.51. The minimum absolute atomic E-state index is 0.0993. The topological polar surface area (TPSA) is 26.3 Å². The number of methoxy groups -OCH3 is 1. The summed E-state index contributed by atoms with van der Waals surface area (Å²) in [6.07, 6.45) is 0. The van der Waals surface area contributed by atoms with Crippen LogP contribution in [0.15, 0.2) is 53.3 Å². The third-order valence-electron chi connectivity index (χ3n) is 2.72. The van der Waals surface area contributed by atoms with Crippen molar-refractivity contribution in [3.63, 3.8) is 0 Å². The van der Waals surface area contributed by atoms with Crippen LogP contribution in [0, 0.1) is 6.92 Å². The number of aryl methyl sites for hydroxylation is 1. The fourth-order valence-electron chi connectivity index (χ4n) is 1.82. The largest absolute Gasteiger partial charge is 0.493 e. The van der Waals surface area contributed by atoms with E-state index < -0.39 is 0 Å². The monoisotopic (exact) mass is 226 g/mol. The molecule has 0 heterocycles. The highest BCUT2D eigenvalue weighted by atomic mass is 16.5. The Bertz CT molecular complexity index is 574. The predicted molar refractivity (Wildman–Crippen MR) is 69.4 cm³/mol. The molecule has 0 unspecified atom stereocenters. The van der Waals surface area contributed by atoms with Gasteiger partial charge >= 0.3 is 0 Å². The third kappa shape index (κ3) is 2.36. The molecule has 86 valence electrons. The summed E-state index contributed by atoms with van der Waals surface area (Å²) in [6, 6.07) is 15.2. The Hall–Kier alpha value is -2.09. The average Bonchev–Trinajstić information content (AvgIpc) is 2.50. The zero-order valence-electron chi connectivity index (χ0n) is 9.94. The van der Waals surface area contributed by atoms with E-state index in [1.54, 1.807) is 12.1 Å². The van der Waals surface area contributed by atoms with Gasteiger partial charge in [-0.2, -0.15) is 0 Å². The molecule has 2 aromatic rings. The molecule has 17 heavy (non-hydrogen) atoms. The van der Waals surface area contributed by atoms with E-state index in [0.717, 1.165) is 16.7 Å². The normalized spacial score (nSPS) is 10.0. The van der Waals surface area contributed by atoms with Crippen molar-refractivity contribution >= 4 is 0 Å². The first-order chi connectivity index (χ1) is 8.22. The van der Waals surface area contributed by atoms with Crippen LogP contribution in [-0.2, 0) is 0 Å². The lowest BCUT2D eigenvalue weighted by molar-refractivity contribution is 0.411. The minimum atomic E-state index is -0.0993. The van der Waals surface area contributed by atoms with Gasteiger partial charge in [-0.15, -0.1) is 0 Å². The maximum Gasteiger partial charge on any atom is 0.220 e. The van der Waals surface area contributed by atoms with Crippen LogP contribution < -0.4 is 10.2 Å². The molecule has 0 spiro atoms. The number of hydrogen-bond donors (Lipinski definition) is 0. The highest BCUT2D eigenvalue weighted by molar-refractivity contribution is 5.67. The molecule has 2 aromatic carbocycles. The summed E-state index contributed by atoms with van der Waals surface area (Å²) < 4.78 is 5.06. The van der Waals surface area contributed by atoms with E-state index in [0.29, 0.717) is 5.75 Å². The predicted octanol–water partition coefficient (Wildman–Crippen LogP) is 3.03. The summed E-state index contributed by atoms with van der Waals surface area (Å²) in [6.45, 7) is 1.98. The van der Waals surface area contributed by atoms with Crippen LogP contribution in [-0.4, -0.2) is 7.11 Å². The van der Waals surface area contributed by atoms with Crippen LogP contribution in [0.4, 0.5) is 0 Å². The molecule has 0 saturated heterocycles. The van der Waals surface area contributed by atoms with Crippen molar-refractivity contribution in [2.75, 3.05) is 7.11 Å². The standard InChI is InChI=1S/C15H14O2/c1-11-10-15(17-2)14(16)9-8-13(11)12-6-4-3-5-7-12/h3-10H,1-2H3. The fraction of sp³-hybridized carbons (Fsp3) is 0.133. The van der Waals surface area contributed by atoms with Crippen LogP contribution in [0.5, 0.6) is 5.75 Å². The van der Waals surface area contributed by atoms with Gasteiger partial charge in [-0.05, 0) is 35.7 Å². The van der Waals surface area contributed by atoms with E-state index in [1.807, 2.05) is 43.3 Å². The zero-order chi connectivity index (χ0) is 12.3. The molecule has 2 nitrogen and oxygen atoms in total. The molecule has 0 aliphatic rings. The maximum atomic E-state index is 11.7. The lowest BCUT2D eigenvalue weighted by Gasteiger charge is -2.02. The van der Waals surface area contributed by atoms with Gasteiger partial charge in [0.1, 0.15) is 0 Å². The van der Waals surface area contributed by atoms with E-state index in [1.165, 1.54) is 7.11 Å². The van der Waals surface area contributed by atoms with Crippen molar-refractivity contribution in [1.82, 2.24) is 0 Å². The van der Waals surface area contributed by atoms with E-state index >= 15 is 0 Å². The second-order valence-electron chi connectivity index (χ2n) is 3.87. The molecule has 0 saturated carbocycles. The summed E-state index contributed by atoms with van der Waals surface area (Å²) in [4.78, 5) is 11.7. The van der Waals surface area contributed by atoms with Crippen LogP contribution in [0.2, 0.25) is 0 Å². The first kappa shape index (κ1) is 11.4. The van der Waals surface area contributed by atoms with Gasteiger partial charge in [0.2, 0.25) is 5.43 Å². The van der Waals surface area contributed by atoms with Crippen LogP contribution in [0.3, 0.4) is 0 Å². The van der Waals surface area contributed by atoms with E-state index in [4.69, 9.17) is 4.74 Å². The van der Waals surface area contributed by atoms with E-state index in [2.05, 4.69) is 0 Å². The van der Waals surface area contributed by atoms with Crippen molar-refractivity contribution in [3.05, 3.63) is 64.3 Å². The lowest BCUT2D eigenvalue weighted by Crippen LogP contribution is -1.99. The maximum absolute atomic E-state index is 11.7. The summed E-state index contributed by atoms with van der Waals surface area (Å²) in [5, 5.41) is 0. The van der Waals surface area contributed by atoms with Gasteiger partial charge in [-0.3, -0.25) is 4.79 Å². The molecule has 0 fully saturated rings. The smallest absolute Gasteiger partial charge is 0.220 e. The van der Waals surface area contributed by atoms with Gasteiger partial charge in [0.15, 0.2) is 5.75 Å². The summed E-state index contributed by atoms with van der Waals surface area (Å²) >= 11 is 0. The molecule has 2 heteroatoms. The number of rotatable bonds is 2. The quantitative estimate of drug-likeness (QED) is 0.786. The summed E-state index contributed by atoms with van der Waals surface area (Å²) in [5.74, 6) is 0.379. The number of ether oxygens (including phenoxy) is 1. The Labute approximate surface area is 101 Å². The molecule has 0 bridgehead atoms. The van der Waals surface area contributed by atoms with Gasteiger partial charge in [0.25, 0.3) is 0 Å². The number of hydrogen-bond acceptors (Lipinski definition) is 2. The van der Waals surface area contributed by atoms with E-state index in [-0.39, 0.29) is 5.43 Å². The fourth-order valence-corrected chi connectivity index (χ4v) is 1.82. The Morgan fingerprint density at radius 2 is 1.71 bits per heavy atom. The van der Waals surface area contributed by atoms with Crippen LogP contribution >= 0.6 is 0 Å². The van der Waals surface area contributed by atoms with Crippen molar-refractivity contribution in [3.8, 4) is 16.9 Å². The molecule has 0 atom stereocenters. The molecular formula is C15H14O2. The molecule has 0 radical (unpaired) electrons. The molecule has 0 N–H and O–H groups in total. The average molecular weight is 226 g/mol. The van der Waals surface area contributed by atoms with Crippen LogP contribution in [0.25, 0.3) is 11.1 Å². The van der Waals surface area contributed by atoms with Crippen LogP contribution in [0.1, 0.15) is 5.56 Å². The van der Waals surface area contributed by atoms with Crippen molar-refractivity contribution < 1.29 is 4.74 Å². The Kier molecular flexibility index (Phi) is 3.24. The Balaban J connectivity index is 2.66. The molecular weight excluding hydrogens is 212 g/mol. The Morgan fingerprint density at radius 1 is 1.00 bits per heavy atom. The third-order valence-corrected chi connectivity index (χ3v) is 2.72. The van der Waals surface area contributed by atoms with Gasteiger partial charge in [0, 0.05) is 0 Å². The Morgan fingerprint density at radius 3 is 2.35 bits per heavy atom. The van der Waals surface area contributed by atoms with Crippen molar-refractivity contribution in [2.24, 2.45) is 0 Å². The molecule has 2 rings (SSSR count). The molecule has 0 aliphatic heterocycles. The van der Waals surface area contributed by atoms with Crippen molar-refractivity contribution in [1.29, 1.82) is 0 Å². The van der Waals surface area contributed by atoms with Crippen molar-refractivity contribution in [2.45, 2.75) is 6.92 Å². The number of benzene rings is 1. The second kappa shape index (κ2) is 4.83. The minimum Gasteiger partial charge on any atom is -0.493 e.